The molecule has 6 nitrogen and oxygen atoms in total. The first-order chi connectivity index (χ1) is 11.6. The Morgan fingerprint density at radius 1 is 1.28 bits per heavy atom. The van der Waals surface area contributed by atoms with Crippen molar-refractivity contribution < 1.29 is 18.8 Å². The molecule has 0 unspecified atom stereocenters. The fourth-order valence-electron chi connectivity index (χ4n) is 2.59. The highest BCUT2D eigenvalue weighted by molar-refractivity contribution is 6.56. The van der Waals surface area contributed by atoms with E-state index in [1.54, 1.807) is 18.2 Å². The van der Waals surface area contributed by atoms with Crippen LogP contribution < -0.4 is 11.1 Å². The van der Waals surface area contributed by atoms with E-state index >= 15 is 0 Å². The van der Waals surface area contributed by atoms with Crippen molar-refractivity contribution in [3.05, 3.63) is 34.8 Å². The van der Waals surface area contributed by atoms with E-state index in [2.05, 4.69) is 5.32 Å². The first-order valence-electron chi connectivity index (χ1n) is 8.30. The number of nitrogens with one attached hydrogen (secondary N) is 1. The number of anilines is 1. The number of rotatable bonds is 5. The number of hydrogen-bond donors (Lipinski definition) is 2. The minimum absolute atomic E-state index is 0.410. The lowest BCUT2D eigenvalue weighted by Crippen LogP contribution is -2.41. The van der Waals surface area contributed by atoms with Gasteiger partial charge in [0.1, 0.15) is 0 Å². The summed E-state index contributed by atoms with van der Waals surface area (Å²) in [5, 5.41) is 3.12. The summed E-state index contributed by atoms with van der Waals surface area (Å²) >= 11 is 0. The van der Waals surface area contributed by atoms with E-state index in [0.29, 0.717) is 23.4 Å². The highest BCUT2D eigenvalue weighted by atomic mass is 16.7. The third-order valence-corrected chi connectivity index (χ3v) is 4.76. The Morgan fingerprint density at radius 2 is 1.88 bits per heavy atom. The maximum atomic E-state index is 12.1. The summed E-state index contributed by atoms with van der Waals surface area (Å²) in [5.74, 6) is -0.434. The molecule has 1 heterocycles. The molecule has 0 radical (unpaired) electrons. The number of carbonyl (C=O) groups excluding carboxylic acids is 1. The Kier molecular flexibility index (Phi) is 5.61. The van der Waals surface area contributed by atoms with Crippen LogP contribution in [0.2, 0.25) is 0 Å². The number of methoxy groups -OCH3 is 1. The highest BCUT2D eigenvalue weighted by Gasteiger charge is 2.52. The molecule has 0 aliphatic carbocycles. The topological polar surface area (TPSA) is 82.8 Å². The second-order valence-corrected chi connectivity index (χ2v) is 7.18. The Balaban J connectivity index is 2.44. The lowest BCUT2D eigenvalue weighted by Gasteiger charge is -2.32. The standard InChI is InChI=1S/C18H27BN2O4/c1-17(2)18(3,4)25-19(24-17)13(11-21-5)9-12-7-8-14(20)10-15(12)16(22)23-6/h7-10,21H,11,20H2,1-6H3. The lowest BCUT2D eigenvalue weighted by atomic mass is 9.76. The smallest absolute Gasteiger partial charge is 0.465 e. The van der Waals surface area contributed by atoms with Gasteiger partial charge in [0.05, 0.1) is 23.9 Å². The summed E-state index contributed by atoms with van der Waals surface area (Å²) in [6, 6.07) is 5.15. The van der Waals surface area contributed by atoms with Gasteiger partial charge < -0.3 is 25.1 Å². The SMILES string of the molecule is CNCC(=Cc1ccc(N)cc1C(=O)OC)B1OC(C)(C)C(C)(C)O1. The van der Waals surface area contributed by atoms with E-state index < -0.39 is 24.3 Å². The van der Waals surface area contributed by atoms with Crippen molar-refractivity contribution in [2.24, 2.45) is 0 Å². The molecular weight excluding hydrogens is 319 g/mol. The van der Waals surface area contributed by atoms with E-state index in [4.69, 9.17) is 19.8 Å². The zero-order valence-corrected chi connectivity index (χ0v) is 15.8. The molecule has 3 N–H and O–H groups in total. The Morgan fingerprint density at radius 3 is 2.40 bits per heavy atom. The molecule has 1 aliphatic heterocycles. The second-order valence-electron chi connectivity index (χ2n) is 7.18. The van der Waals surface area contributed by atoms with Crippen LogP contribution in [0.3, 0.4) is 0 Å². The first-order valence-corrected chi connectivity index (χ1v) is 8.30. The van der Waals surface area contributed by atoms with Crippen molar-refractivity contribution in [3.8, 4) is 0 Å². The van der Waals surface area contributed by atoms with Crippen LogP contribution in [0.15, 0.2) is 23.7 Å². The van der Waals surface area contributed by atoms with Gasteiger partial charge in [-0.05, 0) is 57.9 Å². The minimum atomic E-state index is -0.500. The maximum Gasteiger partial charge on any atom is 0.491 e. The van der Waals surface area contributed by atoms with Crippen molar-refractivity contribution >= 4 is 24.9 Å². The van der Waals surface area contributed by atoms with E-state index in [9.17, 15) is 4.79 Å². The number of hydrogen-bond acceptors (Lipinski definition) is 6. The molecule has 0 bridgehead atoms. The molecule has 0 amide bonds. The van der Waals surface area contributed by atoms with Gasteiger partial charge in [-0.3, -0.25) is 0 Å². The Hall–Kier alpha value is -1.83. The molecule has 25 heavy (non-hydrogen) atoms. The van der Waals surface area contributed by atoms with Crippen LogP contribution in [0.1, 0.15) is 43.6 Å². The molecule has 0 spiro atoms. The fourth-order valence-corrected chi connectivity index (χ4v) is 2.59. The van der Waals surface area contributed by atoms with E-state index in [-0.39, 0.29) is 0 Å². The number of esters is 1. The Labute approximate surface area is 149 Å². The maximum absolute atomic E-state index is 12.1. The molecule has 0 aromatic heterocycles. The summed E-state index contributed by atoms with van der Waals surface area (Å²) in [5.41, 5.74) is 7.45. The van der Waals surface area contributed by atoms with Gasteiger partial charge >= 0.3 is 13.1 Å². The van der Waals surface area contributed by atoms with Gasteiger partial charge in [-0.1, -0.05) is 12.1 Å². The average molecular weight is 346 g/mol. The average Bonchev–Trinajstić information content (AvgIpc) is 2.75. The number of ether oxygens (including phenoxy) is 1. The number of likely N-dealkylation sites (N-methyl/N-ethyl adjacent to an activating group) is 1. The number of nitrogens with two attached hydrogens (primary N) is 1. The summed E-state index contributed by atoms with van der Waals surface area (Å²) in [6.45, 7) is 8.59. The molecule has 0 atom stereocenters. The normalized spacial score (nSPS) is 19.1. The van der Waals surface area contributed by atoms with Gasteiger partial charge in [0.2, 0.25) is 0 Å². The minimum Gasteiger partial charge on any atom is -0.465 e. The lowest BCUT2D eigenvalue weighted by molar-refractivity contribution is 0.00578. The molecule has 1 aromatic rings. The summed E-state index contributed by atoms with van der Waals surface area (Å²) in [7, 11) is 2.70. The third-order valence-electron chi connectivity index (χ3n) is 4.76. The predicted octanol–water partition coefficient (Wildman–Crippen LogP) is 2.29. The van der Waals surface area contributed by atoms with Crippen LogP contribution >= 0.6 is 0 Å². The molecule has 1 saturated heterocycles. The molecule has 7 heteroatoms. The molecule has 136 valence electrons. The van der Waals surface area contributed by atoms with Gasteiger partial charge in [-0.2, -0.15) is 0 Å². The van der Waals surface area contributed by atoms with Gasteiger partial charge in [0.15, 0.2) is 0 Å². The molecular formula is C18H27BN2O4. The fraction of sp³-hybridized carbons (Fsp3) is 0.500. The predicted molar refractivity (Wildman–Crippen MR) is 100 cm³/mol. The zero-order chi connectivity index (χ0) is 18.8. The molecule has 1 fully saturated rings. The van der Waals surface area contributed by atoms with Crippen molar-refractivity contribution in [2.45, 2.75) is 38.9 Å². The van der Waals surface area contributed by atoms with Crippen LogP contribution in [-0.2, 0) is 14.0 Å². The van der Waals surface area contributed by atoms with E-state index in [1.807, 2.05) is 40.8 Å². The van der Waals surface area contributed by atoms with Crippen molar-refractivity contribution in [1.82, 2.24) is 5.32 Å². The molecule has 2 rings (SSSR count). The Bertz CT molecular complexity index is 670. The largest absolute Gasteiger partial charge is 0.491 e. The van der Waals surface area contributed by atoms with Gasteiger partial charge in [-0.25, -0.2) is 4.79 Å². The highest BCUT2D eigenvalue weighted by Crippen LogP contribution is 2.38. The molecule has 0 saturated carbocycles. The van der Waals surface area contributed by atoms with Gasteiger partial charge in [0.25, 0.3) is 0 Å². The molecule has 1 aliphatic rings. The zero-order valence-electron chi connectivity index (χ0n) is 15.8. The molecule has 1 aromatic carbocycles. The monoisotopic (exact) mass is 346 g/mol. The van der Waals surface area contributed by atoms with Crippen molar-refractivity contribution in [3.63, 3.8) is 0 Å². The van der Waals surface area contributed by atoms with Crippen LogP contribution in [0.4, 0.5) is 5.69 Å². The van der Waals surface area contributed by atoms with Crippen molar-refractivity contribution in [1.29, 1.82) is 0 Å². The summed E-state index contributed by atoms with van der Waals surface area (Å²) in [4.78, 5) is 12.1. The van der Waals surface area contributed by atoms with Crippen LogP contribution in [0.25, 0.3) is 6.08 Å². The van der Waals surface area contributed by atoms with E-state index in [0.717, 1.165) is 5.47 Å². The van der Waals surface area contributed by atoms with Gasteiger partial charge in [0, 0.05) is 12.2 Å². The quantitative estimate of drug-likeness (QED) is 0.484. The number of nitrogen functional groups attached to an aromatic ring is 1. The third kappa shape index (κ3) is 4.06. The van der Waals surface area contributed by atoms with Crippen molar-refractivity contribution in [2.75, 3.05) is 26.4 Å². The van der Waals surface area contributed by atoms with Crippen LogP contribution in [0.5, 0.6) is 0 Å². The van der Waals surface area contributed by atoms with Crippen LogP contribution in [-0.4, -0.2) is 45.0 Å². The van der Waals surface area contributed by atoms with E-state index in [1.165, 1.54) is 7.11 Å². The number of carbonyl (C=O) groups is 1. The first kappa shape index (κ1) is 19.5. The second kappa shape index (κ2) is 7.19. The van der Waals surface area contributed by atoms with Crippen LogP contribution in [0, 0.1) is 0 Å². The van der Waals surface area contributed by atoms with Gasteiger partial charge in [-0.15, -0.1) is 0 Å². The number of benzene rings is 1. The summed E-state index contributed by atoms with van der Waals surface area (Å²) < 4.78 is 17.1. The summed E-state index contributed by atoms with van der Waals surface area (Å²) in [6.07, 6.45) is 1.89.